The average Bonchev–Trinajstić information content (AvgIpc) is 2.44. The molecule has 0 spiro atoms. The molecule has 0 aliphatic rings. The third kappa shape index (κ3) is 1.13. The number of aryl methyl sites for hydroxylation is 1. The van der Waals surface area contributed by atoms with Crippen molar-refractivity contribution in [2.24, 2.45) is 7.05 Å². The molecule has 5 heteroatoms. The van der Waals surface area contributed by atoms with E-state index < -0.39 is 0 Å². The predicted molar refractivity (Wildman–Crippen MR) is 47.3 cm³/mol. The van der Waals surface area contributed by atoms with E-state index in [1.807, 2.05) is 0 Å². The first-order valence-electron chi connectivity index (χ1n) is 3.88. The van der Waals surface area contributed by atoms with Gasteiger partial charge in [-0.05, 0) is 6.07 Å². The molecule has 0 saturated carbocycles. The van der Waals surface area contributed by atoms with E-state index in [1.54, 1.807) is 17.7 Å². The smallest absolute Gasteiger partial charge is 0.249 e. The Balaban J connectivity index is 2.85. The molecule has 0 radical (unpaired) electrons. The van der Waals surface area contributed by atoms with E-state index in [0.29, 0.717) is 17.0 Å². The first-order chi connectivity index (χ1) is 6.22. The lowest BCUT2D eigenvalue weighted by atomic mass is 10.4. The van der Waals surface area contributed by atoms with Crippen molar-refractivity contribution < 1.29 is 5.11 Å². The summed E-state index contributed by atoms with van der Waals surface area (Å²) in [6, 6.07) is 3.05. The van der Waals surface area contributed by atoms with Gasteiger partial charge in [-0.25, -0.2) is 4.98 Å². The number of hydrogen-bond acceptors (Lipinski definition) is 3. The molecule has 5 nitrogen and oxygen atoms in total. The third-order valence-electron chi connectivity index (χ3n) is 1.99. The van der Waals surface area contributed by atoms with Crippen LogP contribution in [0.1, 0.15) is 5.82 Å². The number of imidazole rings is 1. The molecule has 0 atom stereocenters. The molecule has 0 bridgehead atoms. The maximum Gasteiger partial charge on any atom is 0.249 e. The molecule has 68 valence electrons. The van der Waals surface area contributed by atoms with Crippen LogP contribution in [0.25, 0.3) is 11.2 Å². The Morgan fingerprint density at radius 2 is 2.38 bits per heavy atom. The number of aromatic amines is 1. The highest BCUT2D eigenvalue weighted by Crippen LogP contribution is 2.09. The van der Waals surface area contributed by atoms with Crippen LogP contribution in [0, 0.1) is 0 Å². The van der Waals surface area contributed by atoms with E-state index in [9.17, 15) is 4.79 Å². The fraction of sp³-hybridized carbons (Fsp3) is 0.250. The second-order valence-electron chi connectivity index (χ2n) is 2.80. The molecule has 2 heterocycles. The molecule has 2 rings (SSSR count). The molecule has 2 N–H and O–H groups in total. The number of hydrogen-bond donors (Lipinski definition) is 2. The van der Waals surface area contributed by atoms with Crippen molar-refractivity contribution in [3.8, 4) is 0 Å². The van der Waals surface area contributed by atoms with Crippen molar-refractivity contribution in [2.75, 3.05) is 0 Å². The normalized spacial score (nSPS) is 10.9. The largest absolute Gasteiger partial charge is 0.388 e. The number of fused-ring (bicyclic) bond motifs is 1. The van der Waals surface area contributed by atoms with Crippen LogP contribution in [0.2, 0.25) is 0 Å². The van der Waals surface area contributed by atoms with Crippen molar-refractivity contribution >= 4 is 11.2 Å². The highest BCUT2D eigenvalue weighted by Gasteiger charge is 2.05. The second-order valence-corrected chi connectivity index (χ2v) is 2.80. The molecule has 13 heavy (non-hydrogen) atoms. The lowest BCUT2D eigenvalue weighted by molar-refractivity contribution is 0.268. The van der Waals surface area contributed by atoms with E-state index in [1.165, 1.54) is 6.07 Å². The number of pyridine rings is 1. The Labute approximate surface area is 73.7 Å². The summed E-state index contributed by atoms with van der Waals surface area (Å²) in [6.45, 7) is -0.132. The first-order valence-corrected chi connectivity index (χ1v) is 3.88. The maximum absolute atomic E-state index is 11.0. The van der Waals surface area contributed by atoms with Gasteiger partial charge in [-0.15, -0.1) is 0 Å². The maximum atomic E-state index is 11.0. The van der Waals surface area contributed by atoms with Crippen molar-refractivity contribution in [3.63, 3.8) is 0 Å². The van der Waals surface area contributed by atoms with Gasteiger partial charge in [0.1, 0.15) is 23.6 Å². The second kappa shape index (κ2) is 2.70. The molecule has 2 aromatic rings. The fourth-order valence-corrected chi connectivity index (χ4v) is 1.29. The average molecular weight is 179 g/mol. The third-order valence-corrected chi connectivity index (χ3v) is 1.99. The SMILES string of the molecule is Cn1c(CO)nc2ccc(=O)[nH]c21. The van der Waals surface area contributed by atoms with Crippen LogP contribution in [0.3, 0.4) is 0 Å². The molecule has 0 aliphatic heterocycles. The van der Waals surface area contributed by atoms with E-state index in [0.717, 1.165) is 0 Å². The molecule has 0 saturated heterocycles. The standard InChI is InChI=1S/C8H9N3O2/c1-11-6(4-12)9-5-2-3-7(13)10-8(5)11/h2-3,12H,4H2,1H3,(H,10,13). The summed E-state index contributed by atoms with van der Waals surface area (Å²) in [4.78, 5) is 17.7. The number of aliphatic hydroxyl groups is 1. The fourth-order valence-electron chi connectivity index (χ4n) is 1.29. The Kier molecular flexibility index (Phi) is 1.66. The summed E-state index contributed by atoms with van der Waals surface area (Å²) in [7, 11) is 1.75. The summed E-state index contributed by atoms with van der Waals surface area (Å²) < 4.78 is 1.66. The monoisotopic (exact) mass is 179 g/mol. The van der Waals surface area contributed by atoms with Gasteiger partial charge in [-0.2, -0.15) is 0 Å². The Bertz CT molecular complexity index is 498. The van der Waals surface area contributed by atoms with Crippen LogP contribution in [0.4, 0.5) is 0 Å². The zero-order chi connectivity index (χ0) is 9.42. The van der Waals surface area contributed by atoms with Crippen LogP contribution < -0.4 is 5.56 Å². The number of rotatable bonds is 1. The van der Waals surface area contributed by atoms with E-state index in [4.69, 9.17) is 5.11 Å². The van der Waals surface area contributed by atoms with Gasteiger partial charge in [0.2, 0.25) is 5.56 Å². The first kappa shape index (κ1) is 8.00. The number of aromatic nitrogens is 3. The van der Waals surface area contributed by atoms with Gasteiger partial charge >= 0.3 is 0 Å². The minimum Gasteiger partial charge on any atom is -0.388 e. The Morgan fingerprint density at radius 1 is 1.62 bits per heavy atom. The Morgan fingerprint density at radius 3 is 3.08 bits per heavy atom. The molecular formula is C8H9N3O2. The minimum atomic E-state index is -0.167. The van der Waals surface area contributed by atoms with Crippen molar-refractivity contribution in [2.45, 2.75) is 6.61 Å². The van der Waals surface area contributed by atoms with Crippen molar-refractivity contribution in [3.05, 3.63) is 28.3 Å². The number of H-pyrrole nitrogens is 1. The summed E-state index contributed by atoms with van der Waals surface area (Å²) in [5.74, 6) is 0.539. The number of nitrogens with zero attached hydrogens (tertiary/aromatic N) is 2. The van der Waals surface area contributed by atoms with Crippen LogP contribution >= 0.6 is 0 Å². The lowest BCUT2D eigenvalue weighted by Crippen LogP contribution is -2.05. The van der Waals surface area contributed by atoms with Crippen molar-refractivity contribution in [1.82, 2.24) is 14.5 Å². The molecule has 0 unspecified atom stereocenters. The van der Waals surface area contributed by atoms with Gasteiger partial charge in [0, 0.05) is 13.1 Å². The molecule has 0 aliphatic carbocycles. The molecular weight excluding hydrogens is 170 g/mol. The highest BCUT2D eigenvalue weighted by molar-refractivity contribution is 5.70. The zero-order valence-corrected chi connectivity index (χ0v) is 7.11. The highest BCUT2D eigenvalue weighted by atomic mass is 16.3. The molecule has 0 amide bonds. The summed E-state index contributed by atoms with van der Waals surface area (Å²) in [5, 5.41) is 8.91. The van der Waals surface area contributed by atoms with Gasteiger partial charge in [-0.1, -0.05) is 0 Å². The van der Waals surface area contributed by atoms with Gasteiger partial charge in [0.25, 0.3) is 0 Å². The van der Waals surface area contributed by atoms with Gasteiger partial charge in [0.05, 0.1) is 0 Å². The summed E-state index contributed by atoms with van der Waals surface area (Å²) >= 11 is 0. The molecule has 0 aromatic carbocycles. The number of nitrogens with one attached hydrogen (secondary N) is 1. The summed E-state index contributed by atoms with van der Waals surface area (Å²) in [5.41, 5.74) is 1.16. The Hall–Kier alpha value is -1.62. The van der Waals surface area contributed by atoms with Crippen LogP contribution in [0.5, 0.6) is 0 Å². The summed E-state index contributed by atoms with van der Waals surface area (Å²) in [6.07, 6.45) is 0. The lowest BCUT2D eigenvalue weighted by Gasteiger charge is -1.96. The topological polar surface area (TPSA) is 70.9 Å². The molecule has 2 aromatic heterocycles. The minimum absolute atomic E-state index is 0.132. The zero-order valence-electron chi connectivity index (χ0n) is 7.11. The van der Waals surface area contributed by atoms with E-state index in [2.05, 4.69) is 9.97 Å². The van der Waals surface area contributed by atoms with Crippen molar-refractivity contribution in [1.29, 1.82) is 0 Å². The molecule has 0 fully saturated rings. The number of aliphatic hydroxyl groups excluding tert-OH is 1. The van der Waals surface area contributed by atoms with Gasteiger partial charge < -0.3 is 14.7 Å². The quantitative estimate of drug-likeness (QED) is 0.634. The van der Waals surface area contributed by atoms with E-state index >= 15 is 0 Å². The predicted octanol–water partition coefficient (Wildman–Crippen LogP) is -0.246. The van der Waals surface area contributed by atoms with Crippen LogP contribution in [0.15, 0.2) is 16.9 Å². The van der Waals surface area contributed by atoms with E-state index in [-0.39, 0.29) is 12.2 Å². The van der Waals surface area contributed by atoms with Crippen LogP contribution in [-0.4, -0.2) is 19.6 Å². The van der Waals surface area contributed by atoms with Gasteiger partial charge in [0.15, 0.2) is 0 Å². The van der Waals surface area contributed by atoms with Gasteiger partial charge in [-0.3, -0.25) is 4.79 Å². The van der Waals surface area contributed by atoms with Crippen LogP contribution in [-0.2, 0) is 13.7 Å².